The van der Waals surface area contributed by atoms with Crippen LogP contribution in [0.15, 0.2) is 39.6 Å². The molecule has 3 aromatic heterocycles. The molecule has 0 bridgehead atoms. The van der Waals surface area contributed by atoms with E-state index in [1.807, 2.05) is 38.2 Å². The number of β-amino-alcohol motifs (C(OH)–C–C–N with tert-alkyl or cyclic N) is 1. The first-order chi connectivity index (χ1) is 12.5. The third kappa shape index (κ3) is 3.30. The van der Waals surface area contributed by atoms with Gasteiger partial charge in [-0.05, 0) is 45.4 Å². The van der Waals surface area contributed by atoms with Crippen LogP contribution < -0.4 is 0 Å². The van der Waals surface area contributed by atoms with Gasteiger partial charge < -0.3 is 14.0 Å². The number of piperidine rings is 1. The molecule has 1 saturated heterocycles. The van der Waals surface area contributed by atoms with Crippen LogP contribution in [0.4, 0.5) is 0 Å². The number of likely N-dealkylation sites (tertiary alicyclic amines) is 1. The number of furan rings is 1. The van der Waals surface area contributed by atoms with E-state index in [9.17, 15) is 5.11 Å². The summed E-state index contributed by atoms with van der Waals surface area (Å²) in [6, 6.07) is 5.74. The lowest BCUT2D eigenvalue weighted by Crippen LogP contribution is -2.46. The summed E-state index contributed by atoms with van der Waals surface area (Å²) >= 11 is 0. The fraction of sp³-hybridized carbons (Fsp3) is 0.500. The molecule has 3 aromatic rings. The van der Waals surface area contributed by atoms with Gasteiger partial charge in [0.2, 0.25) is 5.76 Å². The van der Waals surface area contributed by atoms with Gasteiger partial charge in [-0.15, -0.1) is 5.10 Å². The van der Waals surface area contributed by atoms with E-state index in [1.54, 1.807) is 10.9 Å². The van der Waals surface area contributed by atoms with Crippen molar-refractivity contribution in [1.29, 1.82) is 0 Å². The van der Waals surface area contributed by atoms with E-state index in [0.29, 0.717) is 36.7 Å². The minimum atomic E-state index is -0.987. The lowest BCUT2D eigenvalue weighted by molar-refractivity contribution is -0.0419. The van der Waals surface area contributed by atoms with Crippen molar-refractivity contribution in [1.82, 2.24) is 25.1 Å². The maximum absolute atomic E-state index is 11.1. The Hall–Kier alpha value is -2.45. The summed E-state index contributed by atoms with van der Waals surface area (Å²) in [6.07, 6.45) is 5.01. The largest absolute Gasteiger partial charge is 0.461 e. The summed E-state index contributed by atoms with van der Waals surface area (Å²) in [5.74, 6) is 1.27. The lowest BCUT2D eigenvalue weighted by Gasteiger charge is -2.37. The molecule has 0 amide bonds. The summed E-state index contributed by atoms with van der Waals surface area (Å²) in [5, 5.41) is 23.6. The average Bonchev–Trinajstić information content (AvgIpc) is 3.36. The molecule has 0 unspecified atom stereocenters. The molecule has 4 rings (SSSR count). The molecule has 8 heteroatoms. The van der Waals surface area contributed by atoms with Gasteiger partial charge >= 0.3 is 0 Å². The molecule has 1 aliphatic rings. The second kappa shape index (κ2) is 6.69. The summed E-state index contributed by atoms with van der Waals surface area (Å²) in [5.41, 5.74) is 0.456. The van der Waals surface area contributed by atoms with E-state index >= 15 is 0 Å². The topological polar surface area (TPSA) is 93.3 Å². The molecule has 1 fully saturated rings. The SMILES string of the molecule is CC(C)n1cc([C@]2(O)CCCN(Cc3cc(-c4ccco4)on3)C2)nn1. The smallest absolute Gasteiger partial charge is 0.202 e. The second-order valence-corrected chi connectivity index (χ2v) is 7.18. The van der Waals surface area contributed by atoms with Crippen LogP contribution in [0, 0.1) is 0 Å². The average molecular weight is 357 g/mol. The fourth-order valence-electron chi connectivity index (χ4n) is 3.36. The molecule has 8 nitrogen and oxygen atoms in total. The summed E-state index contributed by atoms with van der Waals surface area (Å²) < 4.78 is 12.5. The molecule has 0 spiro atoms. The summed E-state index contributed by atoms with van der Waals surface area (Å²) in [6.45, 7) is 6.06. The maximum atomic E-state index is 11.1. The van der Waals surface area contributed by atoms with E-state index in [4.69, 9.17) is 8.94 Å². The quantitative estimate of drug-likeness (QED) is 0.750. The highest BCUT2D eigenvalue weighted by Gasteiger charge is 2.37. The molecule has 0 aromatic carbocycles. The number of nitrogens with zero attached hydrogens (tertiary/aromatic N) is 5. The van der Waals surface area contributed by atoms with Gasteiger partial charge in [-0.2, -0.15) is 0 Å². The Morgan fingerprint density at radius 3 is 2.96 bits per heavy atom. The summed E-state index contributed by atoms with van der Waals surface area (Å²) in [7, 11) is 0. The maximum Gasteiger partial charge on any atom is 0.202 e. The van der Waals surface area contributed by atoms with Crippen LogP contribution in [0.25, 0.3) is 11.5 Å². The number of hydrogen-bond donors (Lipinski definition) is 1. The predicted octanol–water partition coefficient (Wildman–Crippen LogP) is 2.59. The van der Waals surface area contributed by atoms with Gasteiger partial charge in [-0.1, -0.05) is 10.4 Å². The Morgan fingerprint density at radius 2 is 2.23 bits per heavy atom. The van der Waals surface area contributed by atoms with Crippen molar-refractivity contribution < 1.29 is 14.0 Å². The van der Waals surface area contributed by atoms with Crippen LogP contribution in [-0.4, -0.2) is 43.2 Å². The van der Waals surface area contributed by atoms with Crippen LogP contribution in [0.3, 0.4) is 0 Å². The van der Waals surface area contributed by atoms with Crippen LogP contribution in [0.2, 0.25) is 0 Å². The molecule has 0 saturated carbocycles. The van der Waals surface area contributed by atoms with Gasteiger partial charge in [0, 0.05) is 25.2 Å². The third-order valence-corrected chi connectivity index (χ3v) is 4.77. The van der Waals surface area contributed by atoms with Crippen LogP contribution in [0.1, 0.15) is 44.1 Å². The van der Waals surface area contributed by atoms with Gasteiger partial charge in [-0.25, -0.2) is 4.68 Å². The number of rotatable bonds is 5. The predicted molar refractivity (Wildman–Crippen MR) is 93.0 cm³/mol. The first-order valence-electron chi connectivity index (χ1n) is 8.90. The van der Waals surface area contributed by atoms with Gasteiger partial charge in [0.15, 0.2) is 5.76 Å². The van der Waals surface area contributed by atoms with Crippen molar-refractivity contribution >= 4 is 0 Å². The molecule has 26 heavy (non-hydrogen) atoms. The van der Waals surface area contributed by atoms with Crippen molar-refractivity contribution in [3.8, 4) is 11.5 Å². The minimum absolute atomic E-state index is 0.217. The number of aromatic nitrogens is 4. The van der Waals surface area contributed by atoms with Crippen molar-refractivity contribution in [3.05, 3.63) is 42.0 Å². The molecule has 0 aliphatic carbocycles. The van der Waals surface area contributed by atoms with Crippen molar-refractivity contribution in [2.24, 2.45) is 0 Å². The standard InChI is InChI=1S/C18H23N5O3/c1-13(2)23-11-17(19-21-23)18(24)6-4-7-22(12-18)10-14-9-16(26-20-14)15-5-3-8-25-15/h3,5,8-9,11,13,24H,4,6-7,10,12H2,1-2H3/t18-/m0/s1. The highest BCUT2D eigenvalue weighted by Crippen LogP contribution is 2.31. The van der Waals surface area contributed by atoms with E-state index in [-0.39, 0.29) is 6.04 Å². The van der Waals surface area contributed by atoms with Crippen LogP contribution in [-0.2, 0) is 12.1 Å². The van der Waals surface area contributed by atoms with Gasteiger partial charge in [0.25, 0.3) is 0 Å². The fourth-order valence-corrected chi connectivity index (χ4v) is 3.36. The Balaban J connectivity index is 1.46. The lowest BCUT2D eigenvalue weighted by atomic mass is 9.90. The van der Waals surface area contributed by atoms with Crippen LogP contribution in [0.5, 0.6) is 0 Å². The first-order valence-corrected chi connectivity index (χ1v) is 8.90. The monoisotopic (exact) mass is 357 g/mol. The Morgan fingerprint density at radius 1 is 1.35 bits per heavy atom. The second-order valence-electron chi connectivity index (χ2n) is 7.18. The van der Waals surface area contributed by atoms with E-state index in [0.717, 1.165) is 18.7 Å². The minimum Gasteiger partial charge on any atom is -0.461 e. The van der Waals surface area contributed by atoms with E-state index < -0.39 is 5.60 Å². The highest BCUT2D eigenvalue weighted by molar-refractivity contribution is 5.49. The molecule has 4 heterocycles. The van der Waals surface area contributed by atoms with Gasteiger partial charge in [0.1, 0.15) is 11.3 Å². The number of hydrogen-bond acceptors (Lipinski definition) is 7. The normalized spacial score (nSPS) is 21.5. The van der Waals surface area contributed by atoms with Crippen molar-refractivity contribution in [2.75, 3.05) is 13.1 Å². The molecular formula is C18H23N5O3. The number of aliphatic hydroxyl groups is 1. The third-order valence-electron chi connectivity index (χ3n) is 4.77. The van der Waals surface area contributed by atoms with Crippen LogP contribution >= 0.6 is 0 Å². The molecule has 0 radical (unpaired) electrons. The zero-order valence-electron chi connectivity index (χ0n) is 15.0. The Bertz CT molecular complexity index is 854. The Labute approximate surface area is 151 Å². The molecule has 1 N–H and O–H groups in total. The van der Waals surface area contributed by atoms with Gasteiger partial charge in [-0.3, -0.25) is 4.90 Å². The Kier molecular flexibility index (Phi) is 4.37. The molecule has 138 valence electrons. The zero-order valence-corrected chi connectivity index (χ0v) is 15.0. The summed E-state index contributed by atoms with van der Waals surface area (Å²) in [4.78, 5) is 2.17. The highest BCUT2D eigenvalue weighted by atomic mass is 16.5. The van der Waals surface area contributed by atoms with Crippen molar-refractivity contribution in [3.63, 3.8) is 0 Å². The van der Waals surface area contributed by atoms with Crippen molar-refractivity contribution in [2.45, 2.75) is 44.9 Å². The van der Waals surface area contributed by atoms with E-state index in [2.05, 4.69) is 20.4 Å². The molecule has 1 atom stereocenters. The van der Waals surface area contributed by atoms with E-state index in [1.165, 1.54) is 0 Å². The zero-order chi connectivity index (χ0) is 18.1. The van der Waals surface area contributed by atoms with Gasteiger partial charge in [0.05, 0.1) is 18.2 Å². The molecular weight excluding hydrogens is 334 g/mol. The first kappa shape index (κ1) is 17.0. The molecule has 1 aliphatic heterocycles.